The Labute approximate surface area is 103 Å². The molecule has 0 aromatic heterocycles. The molecule has 4 heavy (non-hydrogen) atoms. The van der Waals surface area contributed by atoms with Crippen molar-refractivity contribution in [3.63, 3.8) is 0 Å². The zero-order chi connectivity index (χ0) is 0. The van der Waals surface area contributed by atoms with E-state index in [2.05, 4.69) is 0 Å². The smallest absolute Gasteiger partial charge is 1.00 e. The van der Waals surface area contributed by atoms with Gasteiger partial charge >= 0.3 is 29.6 Å². The van der Waals surface area contributed by atoms with Gasteiger partial charge in [0.05, 0.1) is 0 Å². The van der Waals surface area contributed by atoms with E-state index < -0.39 is 0 Å². The molecule has 0 bridgehead atoms. The first-order valence-electron chi connectivity index (χ1n) is 0. The van der Waals surface area contributed by atoms with Crippen LogP contribution in [0.4, 0.5) is 0 Å². The number of hydrogen-bond donors (Lipinski definition) is 0. The molecule has 0 aromatic carbocycles. The van der Waals surface area contributed by atoms with Gasteiger partial charge in [0.15, 0.2) is 0 Å². The summed E-state index contributed by atoms with van der Waals surface area (Å²) in [5.74, 6) is 0. The van der Waals surface area contributed by atoms with Crippen molar-refractivity contribution in [2.24, 2.45) is 0 Å². The second-order valence-corrected chi connectivity index (χ2v) is 0. The fourth-order valence-electron chi connectivity index (χ4n) is 0. The van der Waals surface area contributed by atoms with Gasteiger partial charge < -0.3 is 1.43 Å². The Morgan fingerprint density at radius 1 is 1.25 bits per heavy atom. The first-order valence-corrected chi connectivity index (χ1v) is 0. The van der Waals surface area contributed by atoms with E-state index in [1.807, 2.05) is 0 Å². The molecule has 0 saturated heterocycles. The van der Waals surface area contributed by atoms with Crippen LogP contribution in [-0.4, -0.2) is 0 Å². The maximum absolute atomic E-state index is 0. The molecule has 0 aliphatic rings. The number of hydrogen-bond acceptors (Lipinski definition) is 0. The molecule has 0 nitrogen and oxygen atoms in total. The summed E-state index contributed by atoms with van der Waals surface area (Å²) >= 11 is 0. The van der Waals surface area contributed by atoms with Gasteiger partial charge in [0.2, 0.25) is 0 Å². The van der Waals surface area contributed by atoms with Crippen molar-refractivity contribution in [3.8, 4) is 0 Å². The molecule has 4 heteroatoms. The van der Waals surface area contributed by atoms with Crippen molar-refractivity contribution < 1.29 is 68.7 Å². The molecule has 26 valence electrons. The summed E-state index contributed by atoms with van der Waals surface area (Å²) in [5.41, 5.74) is 0. The van der Waals surface area contributed by atoms with Gasteiger partial charge in [-0.05, 0) is 0 Å². The molecular formula is H3ArClINa. The van der Waals surface area contributed by atoms with Gasteiger partial charge in [0.25, 0.3) is 0 Å². The fourth-order valence-corrected chi connectivity index (χ4v) is 0. The van der Waals surface area contributed by atoms with Gasteiger partial charge in [-0.1, -0.05) is 0 Å². The molecule has 0 N–H and O–H groups in total. The van der Waals surface area contributed by atoms with Crippen molar-refractivity contribution >= 4 is 36.4 Å². The monoisotopic (exact) mass is 228 g/mol. The summed E-state index contributed by atoms with van der Waals surface area (Å²) in [6, 6.07) is 0. The van der Waals surface area contributed by atoms with Gasteiger partial charge in [-0.3, -0.25) is 0 Å². The maximum Gasteiger partial charge on any atom is 1.00 e. The van der Waals surface area contributed by atoms with Crippen LogP contribution in [0.25, 0.3) is 0 Å². The molecule has 0 aliphatic carbocycles. The summed E-state index contributed by atoms with van der Waals surface area (Å²) in [5, 5.41) is 0. The Morgan fingerprint density at radius 2 is 1.25 bits per heavy atom. The van der Waals surface area contributed by atoms with E-state index in [9.17, 15) is 0 Å². The standard InChI is InChI=1S/Ar.ClH.HI.Na.H/h;2*1H;;/q;;;+1;-1. The van der Waals surface area contributed by atoms with E-state index in [0.717, 1.165) is 0 Å². The maximum atomic E-state index is 0. The normalized spacial score (nSPS) is 0. The molecular weight excluding hydrogens is 225 g/mol. The van der Waals surface area contributed by atoms with E-state index in [4.69, 9.17) is 0 Å². The molecule has 0 spiro atoms. The zero-order valence-electron chi connectivity index (χ0n) is 3.17. The Morgan fingerprint density at radius 3 is 1.25 bits per heavy atom. The van der Waals surface area contributed by atoms with Crippen LogP contribution >= 0.6 is 36.4 Å². The Kier molecular flexibility index (Phi) is 109. The summed E-state index contributed by atoms with van der Waals surface area (Å²) < 4.78 is 0. The van der Waals surface area contributed by atoms with E-state index >= 15 is 0 Å². The van der Waals surface area contributed by atoms with Gasteiger partial charge in [0, 0.05) is 37.7 Å². The van der Waals surface area contributed by atoms with Crippen LogP contribution < -0.4 is 29.6 Å². The largest absolute Gasteiger partial charge is 1.00 e. The van der Waals surface area contributed by atoms with Crippen LogP contribution in [0.1, 0.15) is 1.43 Å². The quantitative estimate of drug-likeness (QED) is 0.337. The molecule has 0 rings (SSSR count). The second kappa shape index (κ2) is 16.3. The average Bonchev–Trinajstić information content (AvgIpc) is 0. The topological polar surface area (TPSA) is 0 Å². The summed E-state index contributed by atoms with van der Waals surface area (Å²) in [4.78, 5) is 0. The molecule has 0 atom stereocenters. The van der Waals surface area contributed by atoms with E-state index in [1.165, 1.54) is 0 Å². The van der Waals surface area contributed by atoms with Gasteiger partial charge in [-0.15, -0.1) is 36.4 Å². The summed E-state index contributed by atoms with van der Waals surface area (Å²) in [6.07, 6.45) is 0. The molecule has 0 aliphatic heterocycles. The van der Waals surface area contributed by atoms with Crippen LogP contribution in [0.15, 0.2) is 0 Å². The van der Waals surface area contributed by atoms with Gasteiger partial charge in [0.1, 0.15) is 0 Å². The predicted molar refractivity (Wildman–Crippen MR) is 23.8 cm³/mol. The van der Waals surface area contributed by atoms with Crippen LogP contribution in [-0.2, 0) is 0 Å². The fraction of sp³-hybridized carbons (Fsp3) is 0. The van der Waals surface area contributed by atoms with E-state index in [0.29, 0.717) is 0 Å². The molecule has 0 heterocycles. The molecule has 0 aromatic rings. The van der Waals surface area contributed by atoms with Crippen LogP contribution in [0, 0.1) is 37.7 Å². The van der Waals surface area contributed by atoms with Crippen molar-refractivity contribution in [1.29, 1.82) is 0 Å². The minimum absolute atomic E-state index is 0. The second-order valence-electron chi connectivity index (χ2n) is 0. The third-order valence-electron chi connectivity index (χ3n) is 0. The third-order valence-corrected chi connectivity index (χ3v) is 0. The van der Waals surface area contributed by atoms with Crippen LogP contribution in [0.3, 0.4) is 0 Å². The minimum Gasteiger partial charge on any atom is -1.00 e. The third kappa shape index (κ3) is 8.99. The summed E-state index contributed by atoms with van der Waals surface area (Å²) in [7, 11) is 0. The first kappa shape index (κ1) is 26.7. The number of rotatable bonds is 0. The average molecular weight is 228 g/mol. The summed E-state index contributed by atoms with van der Waals surface area (Å²) in [6.45, 7) is 0. The molecule has 0 radical (unpaired) electrons. The Bertz CT molecular complexity index is 11.6. The van der Waals surface area contributed by atoms with Gasteiger partial charge in [-0.2, -0.15) is 0 Å². The van der Waals surface area contributed by atoms with Crippen LogP contribution in [0.2, 0.25) is 0 Å². The molecule has 0 amide bonds. The zero-order valence-corrected chi connectivity index (χ0v) is 8.02. The SMILES string of the molecule is Cl.I.[Ar].[H-].[Na+]. The van der Waals surface area contributed by atoms with Crippen molar-refractivity contribution in [1.82, 2.24) is 0 Å². The van der Waals surface area contributed by atoms with Crippen molar-refractivity contribution in [2.75, 3.05) is 0 Å². The molecule has 0 fully saturated rings. The van der Waals surface area contributed by atoms with E-state index in [1.54, 1.807) is 0 Å². The Hall–Kier alpha value is 3.28. The number of halogens is 2. The van der Waals surface area contributed by atoms with Crippen molar-refractivity contribution in [3.05, 3.63) is 0 Å². The molecule has 0 saturated carbocycles. The Balaban J connectivity index is 0. The van der Waals surface area contributed by atoms with Gasteiger partial charge in [-0.25, -0.2) is 0 Å². The van der Waals surface area contributed by atoms with E-state index in [-0.39, 0.29) is 105 Å². The van der Waals surface area contributed by atoms with Crippen LogP contribution in [0.5, 0.6) is 0 Å². The molecule has 0 unspecified atom stereocenters. The van der Waals surface area contributed by atoms with Crippen molar-refractivity contribution in [2.45, 2.75) is 0 Å². The minimum atomic E-state index is 0. The predicted octanol–water partition coefficient (Wildman–Crippen LogP) is -1.84. The first-order chi connectivity index (χ1) is 0.